The first-order chi connectivity index (χ1) is 21.0. The lowest BCUT2D eigenvalue weighted by molar-refractivity contribution is -0.181. The van der Waals surface area contributed by atoms with Gasteiger partial charge in [0, 0.05) is 43.1 Å². The van der Waals surface area contributed by atoms with Gasteiger partial charge in [-0.25, -0.2) is 4.79 Å². The Hall–Kier alpha value is -2.50. The third-order valence-corrected chi connectivity index (χ3v) is 9.00. The topological polar surface area (TPSA) is 158 Å². The highest BCUT2D eigenvalue weighted by Gasteiger charge is 2.41. The van der Waals surface area contributed by atoms with E-state index in [2.05, 4.69) is 6.58 Å². The zero-order chi connectivity index (χ0) is 34.4. The molecule has 0 aromatic heterocycles. The summed E-state index contributed by atoms with van der Waals surface area (Å²) in [6.45, 7) is 18.7. The Morgan fingerprint density at radius 2 is 1.69 bits per heavy atom. The molecule has 1 rings (SSSR count). The van der Waals surface area contributed by atoms with E-state index in [1.807, 2.05) is 72.8 Å². The second-order valence-corrected chi connectivity index (χ2v) is 13.0. The molecule has 1 aliphatic heterocycles. The van der Waals surface area contributed by atoms with Crippen LogP contribution in [-0.4, -0.2) is 77.9 Å². The zero-order valence-corrected chi connectivity index (χ0v) is 28.7. The fourth-order valence-corrected chi connectivity index (χ4v) is 6.07. The molecule has 5 N–H and O–H groups in total. The fraction of sp³-hybridized carbons (Fsp3) is 0.714. The second kappa shape index (κ2) is 19.9. The van der Waals surface area contributed by atoms with Crippen molar-refractivity contribution in [2.24, 2.45) is 47.2 Å². The van der Waals surface area contributed by atoms with Crippen LogP contribution in [0, 0.1) is 41.4 Å². The van der Waals surface area contributed by atoms with Crippen LogP contribution in [-0.2, 0) is 23.7 Å². The largest absolute Gasteiger partial charge is 0.462 e. The Balaban J connectivity index is 2.89. The first-order valence-corrected chi connectivity index (χ1v) is 16.0. The van der Waals surface area contributed by atoms with E-state index in [0.29, 0.717) is 12.8 Å². The number of primary amides is 1. The van der Waals surface area contributed by atoms with E-state index in [-0.39, 0.29) is 42.3 Å². The van der Waals surface area contributed by atoms with Gasteiger partial charge in [-0.3, -0.25) is 4.79 Å². The summed E-state index contributed by atoms with van der Waals surface area (Å²) < 4.78 is 21.9. The van der Waals surface area contributed by atoms with E-state index in [0.717, 1.165) is 5.57 Å². The predicted molar refractivity (Wildman–Crippen MR) is 175 cm³/mol. The summed E-state index contributed by atoms with van der Waals surface area (Å²) in [6, 6.07) is 0. The van der Waals surface area contributed by atoms with Crippen LogP contribution in [0.15, 0.2) is 48.6 Å². The highest BCUT2D eigenvalue weighted by molar-refractivity contribution is 5.73. The lowest BCUT2D eigenvalue weighted by atomic mass is 9.81. The van der Waals surface area contributed by atoms with Crippen LogP contribution in [0.4, 0.5) is 4.79 Å². The summed E-state index contributed by atoms with van der Waals surface area (Å²) in [6.07, 6.45) is 7.24. The Labute approximate surface area is 270 Å². The smallest absolute Gasteiger partial charge is 0.404 e. The van der Waals surface area contributed by atoms with Crippen LogP contribution in [0.2, 0.25) is 0 Å². The van der Waals surface area contributed by atoms with E-state index in [4.69, 9.17) is 24.7 Å². The van der Waals surface area contributed by atoms with E-state index in [1.165, 1.54) is 7.11 Å². The van der Waals surface area contributed by atoms with Gasteiger partial charge in [0.1, 0.15) is 19.0 Å². The van der Waals surface area contributed by atoms with Gasteiger partial charge in [-0.15, -0.1) is 0 Å². The SMILES string of the molecule is C=C/C=C\[C@H](C)[C@H](OC(N)=O)[C@@H](C)[C@H](O)[C@@H](C)C/C(C)=C\[C@H](C)[C@@H](O)[C@@H](C)/C=C\[C@H](CC1OC(=O)[C@H](C)[C@@H](O)[C@H]1C)OCOC. The van der Waals surface area contributed by atoms with E-state index in [9.17, 15) is 24.9 Å². The number of hydrogen-bond donors (Lipinski definition) is 4. The quantitative estimate of drug-likeness (QED) is 0.0667. The lowest BCUT2D eigenvalue weighted by Gasteiger charge is -2.37. The minimum absolute atomic E-state index is 0.0424. The molecule has 0 aromatic carbocycles. The number of aliphatic hydroxyl groups is 3. The van der Waals surface area contributed by atoms with E-state index in [1.54, 1.807) is 19.1 Å². The van der Waals surface area contributed by atoms with Gasteiger partial charge in [-0.05, 0) is 26.2 Å². The van der Waals surface area contributed by atoms with Crippen molar-refractivity contribution in [1.29, 1.82) is 0 Å². The number of carbonyl (C=O) groups is 2. The van der Waals surface area contributed by atoms with Crippen LogP contribution in [0.25, 0.3) is 0 Å². The molecule has 1 amide bonds. The first-order valence-electron chi connectivity index (χ1n) is 16.0. The van der Waals surface area contributed by atoms with E-state index < -0.39 is 54.6 Å². The minimum Gasteiger partial charge on any atom is -0.462 e. The molecule has 1 fully saturated rings. The van der Waals surface area contributed by atoms with Gasteiger partial charge in [0.05, 0.1) is 30.3 Å². The number of allylic oxidation sites excluding steroid dienone is 3. The molecule has 1 unspecified atom stereocenters. The molecule has 0 saturated carbocycles. The molecule has 1 aliphatic rings. The predicted octanol–water partition coefficient (Wildman–Crippen LogP) is 4.93. The highest BCUT2D eigenvalue weighted by Crippen LogP contribution is 2.31. The number of amides is 1. The average molecular weight is 638 g/mol. The summed E-state index contributed by atoms with van der Waals surface area (Å²) in [4.78, 5) is 23.8. The van der Waals surface area contributed by atoms with Crippen molar-refractivity contribution in [2.75, 3.05) is 13.9 Å². The molecule has 45 heavy (non-hydrogen) atoms. The molecule has 0 spiro atoms. The molecule has 13 atom stereocenters. The Bertz CT molecular complexity index is 1010. The molecule has 0 bridgehead atoms. The summed E-state index contributed by atoms with van der Waals surface area (Å²) >= 11 is 0. The summed E-state index contributed by atoms with van der Waals surface area (Å²) in [5, 5.41) is 32.7. The Morgan fingerprint density at radius 3 is 2.27 bits per heavy atom. The van der Waals surface area contributed by atoms with Gasteiger partial charge in [-0.2, -0.15) is 0 Å². The lowest BCUT2D eigenvalue weighted by Crippen LogP contribution is -2.47. The molecular formula is C35H59NO9. The van der Waals surface area contributed by atoms with Crippen molar-refractivity contribution in [3.8, 4) is 0 Å². The van der Waals surface area contributed by atoms with Crippen molar-refractivity contribution in [2.45, 2.75) is 105 Å². The Morgan fingerprint density at radius 1 is 1.04 bits per heavy atom. The molecule has 10 nitrogen and oxygen atoms in total. The minimum atomic E-state index is -0.885. The number of methoxy groups -OCH3 is 1. The maximum Gasteiger partial charge on any atom is 0.404 e. The summed E-state index contributed by atoms with van der Waals surface area (Å²) in [5.74, 6) is -2.37. The normalized spacial score (nSPS) is 27.2. The van der Waals surface area contributed by atoms with Crippen LogP contribution >= 0.6 is 0 Å². The van der Waals surface area contributed by atoms with Crippen LogP contribution in [0.1, 0.15) is 68.2 Å². The number of nitrogens with two attached hydrogens (primary N) is 1. The van der Waals surface area contributed by atoms with Crippen molar-refractivity contribution < 1.29 is 43.9 Å². The molecule has 0 aromatic rings. The summed E-state index contributed by atoms with van der Waals surface area (Å²) in [7, 11) is 1.52. The number of carbonyl (C=O) groups excluding carboxylic acids is 2. The van der Waals surface area contributed by atoms with Gasteiger partial charge < -0.3 is 40.0 Å². The number of hydrogen-bond acceptors (Lipinski definition) is 9. The maximum atomic E-state index is 12.2. The second-order valence-electron chi connectivity index (χ2n) is 13.0. The van der Waals surface area contributed by atoms with Crippen molar-refractivity contribution in [3.63, 3.8) is 0 Å². The third-order valence-electron chi connectivity index (χ3n) is 9.00. The van der Waals surface area contributed by atoms with Crippen LogP contribution in [0.3, 0.4) is 0 Å². The van der Waals surface area contributed by atoms with Gasteiger partial charge in [0.2, 0.25) is 0 Å². The summed E-state index contributed by atoms with van der Waals surface area (Å²) in [5.41, 5.74) is 6.34. The first kappa shape index (κ1) is 40.5. The van der Waals surface area contributed by atoms with Gasteiger partial charge in [0.15, 0.2) is 0 Å². The standard InChI is InChI=1S/C35H59NO9/c1-11-12-13-22(4)33(45-35(36)41)26(8)31(38)24(6)17-20(2)16-23(5)30(37)21(3)14-15-28(43-19-42-10)18-29-25(7)32(39)27(9)34(40)44-29/h11-16,21-33,37-39H,1,17-19H2,2-10H3,(H2,36,41)/b13-12-,15-14-,20-16-/t21-,22-,23-,24-,25-,26-,27+,28+,29?,30-,31+,32-,33-/m0/s1. The third kappa shape index (κ3) is 13.0. The maximum absolute atomic E-state index is 12.2. The Kier molecular flexibility index (Phi) is 17.9. The number of esters is 1. The van der Waals surface area contributed by atoms with Crippen molar-refractivity contribution >= 4 is 12.1 Å². The molecule has 0 aliphatic carbocycles. The van der Waals surface area contributed by atoms with Gasteiger partial charge in [-0.1, -0.05) is 90.2 Å². The van der Waals surface area contributed by atoms with Gasteiger partial charge in [0.25, 0.3) is 0 Å². The van der Waals surface area contributed by atoms with Crippen molar-refractivity contribution in [3.05, 3.63) is 48.6 Å². The van der Waals surface area contributed by atoms with Crippen molar-refractivity contribution in [1.82, 2.24) is 0 Å². The number of cyclic esters (lactones) is 1. The monoisotopic (exact) mass is 637 g/mol. The molecule has 258 valence electrons. The molecule has 1 saturated heterocycles. The average Bonchev–Trinajstić information content (AvgIpc) is 2.99. The molecule has 1 heterocycles. The number of rotatable bonds is 19. The molecule has 10 heteroatoms. The van der Waals surface area contributed by atoms with Crippen LogP contribution < -0.4 is 5.73 Å². The van der Waals surface area contributed by atoms with Gasteiger partial charge >= 0.3 is 12.1 Å². The molecular weight excluding hydrogens is 578 g/mol. The number of aliphatic hydroxyl groups excluding tert-OH is 3. The van der Waals surface area contributed by atoms with Crippen LogP contribution in [0.5, 0.6) is 0 Å². The van der Waals surface area contributed by atoms with E-state index >= 15 is 0 Å². The zero-order valence-electron chi connectivity index (χ0n) is 28.7. The fourth-order valence-electron chi connectivity index (χ4n) is 6.07. The highest BCUT2D eigenvalue weighted by atomic mass is 16.7. The number of ether oxygens (including phenoxy) is 4. The molecule has 0 radical (unpaired) electrons.